The summed E-state index contributed by atoms with van der Waals surface area (Å²) in [5, 5.41) is 7.20. The second-order valence-electron chi connectivity index (χ2n) is 11.0. The van der Waals surface area contributed by atoms with Gasteiger partial charge in [-0.05, 0) is 66.0 Å². The second-order valence-corrected chi connectivity index (χ2v) is 13.1. The van der Waals surface area contributed by atoms with Crippen molar-refractivity contribution in [3.05, 3.63) is 40.0 Å². The minimum atomic E-state index is -0.430. The number of nitrogens with one attached hydrogen (secondary N) is 1. The van der Waals surface area contributed by atoms with Crippen molar-refractivity contribution in [2.75, 3.05) is 31.5 Å². The van der Waals surface area contributed by atoms with Gasteiger partial charge in [-0.1, -0.05) is 6.07 Å². The molecule has 9 nitrogen and oxygen atoms in total. The van der Waals surface area contributed by atoms with Crippen molar-refractivity contribution in [1.29, 1.82) is 0 Å². The van der Waals surface area contributed by atoms with E-state index < -0.39 is 5.60 Å². The van der Waals surface area contributed by atoms with E-state index in [0.717, 1.165) is 83.2 Å². The van der Waals surface area contributed by atoms with Crippen LogP contribution in [-0.2, 0) is 9.53 Å². The summed E-state index contributed by atoms with van der Waals surface area (Å²) in [6.07, 6.45) is 4.52. The first-order chi connectivity index (χ1) is 17.9. The number of aromatic nitrogens is 3. The van der Waals surface area contributed by atoms with Gasteiger partial charge in [-0.2, -0.15) is 0 Å². The zero-order valence-electron chi connectivity index (χ0n) is 22.9. The van der Waals surface area contributed by atoms with E-state index in [4.69, 9.17) is 4.74 Å². The van der Waals surface area contributed by atoms with Gasteiger partial charge in [-0.25, -0.2) is 19.7 Å². The summed E-state index contributed by atoms with van der Waals surface area (Å²) in [5.74, 6) is 0.814. The van der Waals surface area contributed by atoms with Crippen molar-refractivity contribution in [2.24, 2.45) is 5.41 Å². The average Bonchev–Trinajstić information content (AvgIpc) is 3.43. The van der Waals surface area contributed by atoms with Gasteiger partial charge in [0.25, 0.3) is 0 Å². The molecule has 2 aliphatic heterocycles. The number of anilines is 2. The Kier molecular flexibility index (Phi) is 8.37. The predicted molar refractivity (Wildman–Crippen MR) is 152 cm³/mol. The Morgan fingerprint density at radius 2 is 1.84 bits per heavy atom. The molecular weight excluding hydrogens is 520 g/mol. The van der Waals surface area contributed by atoms with Crippen LogP contribution in [0.15, 0.2) is 23.7 Å². The van der Waals surface area contributed by atoms with Gasteiger partial charge in [0.1, 0.15) is 11.4 Å². The maximum Gasteiger partial charge on any atom is 0.410 e. The van der Waals surface area contributed by atoms with Crippen LogP contribution in [0.4, 0.5) is 15.7 Å². The van der Waals surface area contributed by atoms with Crippen LogP contribution in [0.25, 0.3) is 10.6 Å². The lowest BCUT2D eigenvalue weighted by atomic mass is 9.72. The number of hydrogen-bond donors (Lipinski definition) is 1. The number of rotatable bonds is 4. The Balaban J connectivity index is 0.000000178. The Labute approximate surface area is 232 Å². The number of amides is 2. The van der Waals surface area contributed by atoms with Gasteiger partial charge < -0.3 is 19.9 Å². The fourth-order valence-electron chi connectivity index (χ4n) is 4.49. The third kappa shape index (κ3) is 7.08. The summed E-state index contributed by atoms with van der Waals surface area (Å²) in [6.45, 7) is 14.9. The SMILES string of the molecule is CC(C)(C)OC(=O)N1CC2(CCN(C=O)CC2)C1.Cc1ccc(Nc2nc(-c3sc(C)nc3C)cs2)nc1. The summed E-state index contributed by atoms with van der Waals surface area (Å²) in [7, 11) is 0. The lowest BCUT2D eigenvalue weighted by molar-refractivity contribution is -0.123. The molecule has 5 rings (SSSR count). The zero-order valence-corrected chi connectivity index (χ0v) is 24.5. The number of carbonyl (C=O) groups is 2. The highest BCUT2D eigenvalue weighted by atomic mass is 32.1. The molecule has 0 atom stereocenters. The molecule has 5 heterocycles. The van der Waals surface area contributed by atoms with Gasteiger partial charge in [0.15, 0.2) is 5.13 Å². The summed E-state index contributed by atoms with van der Waals surface area (Å²) >= 11 is 3.26. The first kappa shape index (κ1) is 28.0. The third-order valence-corrected chi connectivity index (χ3v) is 8.35. The highest BCUT2D eigenvalue weighted by Crippen LogP contribution is 2.40. The minimum Gasteiger partial charge on any atom is -0.444 e. The van der Waals surface area contributed by atoms with Crippen molar-refractivity contribution in [2.45, 2.75) is 60.0 Å². The molecule has 3 aromatic rings. The molecule has 1 N–H and O–H groups in total. The Morgan fingerprint density at radius 1 is 1.13 bits per heavy atom. The molecular formula is C27H36N6O3S2. The van der Waals surface area contributed by atoms with Crippen molar-refractivity contribution >= 4 is 46.1 Å². The van der Waals surface area contributed by atoms with Crippen LogP contribution in [0.3, 0.4) is 0 Å². The number of piperidine rings is 1. The third-order valence-electron chi connectivity index (χ3n) is 6.50. The quantitative estimate of drug-likeness (QED) is 0.405. The van der Waals surface area contributed by atoms with Crippen LogP contribution >= 0.6 is 22.7 Å². The zero-order chi connectivity index (χ0) is 27.5. The van der Waals surface area contributed by atoms with Gasteiger partial charge in [0, 0.05) is 43.2 Å². The van der Waals surface area contributed by atoms with Crippen molar-refractivity contribution in [3.63, 3.8) is 0 Å². The summed E-state index contributed by atoms with van der Waals surface area (Å²) in [6, 6.07) is 3.99. The molecule has 0 aliphatic carbocycles. The van der Waals surface area contributed by atoms with Gasteiger partial charge >= 0.3 is 6.09 Å². The standard InChI is InChI=1S/C14H14N4S2.C13H22N2O3/c1-8-4-5-12(15-6-8)18-14-17-11(7-19-14)13-9(2)16-10(3)20-13;1-12(2,3)18-11(17)15-8-13(9-15)4-6-14(10-16)7-5-13/h4-7H,1-3H3,(H,15,17,18);10H,4-9H2,1-3H3. The number of thiazole rings is 2. The van der Waals surface area contributed by atoms with E-state index in [0.29, 0.717) is 0 Å². The second kappa shape index (κ2) is 11.4. The Morgan fingerprint density at radius 3 is 2.39 bits per heavy atom. The van der Waals surface area contributed by atoms with Crippen molar-refractivity contribution in [1.82, 2.24) is 24.8 Å². The molecule has 2 amide bonds. The highest BCUT2D eigenvalue weighted by molar-refractivity contribution is 7.16. The smallest absolute Gasteiger partial charge is 0.410 e. The Hall–Kier alpha value is -3.05. The molecule has 0 bridgehead atoms. The topological polar surface area (TPSA) is 101 Å². The first-order valence-corrected chi connectivity index (χ1v) is 14.4. The molecule has 11 heteroatoms. The van der Waals surface area contributed by atoms with Crippen LogP contribution in [0.5, 0.6) is 0 Å². The fraction of sp³-hybridized carbons (Fsp3) is 0.519. The molecule has 0 unspecified atom stereocenters. The van der Waals surface area contributed by atoms with E-state index in [1.165, 1.54) is 0 Å². The number of hydrogen-bond acceptors (Lipinski definition) is 9. The maximum atomic E-state index is 11.8. The van der Waals surface area contributed by atoms with E-state index in [-0.39, 0.29) is 11.5 Å². The number of ether oxygens (including phenoxy) is 1. The highest BCUT2D eigenvalue weighted by Gasteiger charge is 2.47. The van der Waals surface area contributed by atoms with Crippen molar-refractivity contribution < 1.29 is 14.3 Å². The first-order valence-electron chi connectivity index (χ1n) is 12.7. The molecule has 3 aromatic heterocycles. The van der Waals surface area contributed by atoms with E-state index in [9.17, 15) is 9.59 Å². The lowest BCUT2D eigenvalue weighted by Crippen LogP contribution is -2.62. The number of carbonyl (C=O) groups excluding carboxylic acids is 2. The fourth-order valence-corrected chi connectivity index (χ4v) is 6.16. The molecule has 2 aliphatic rings. The van der Waals surface area contributed by atoms with Crippen LogP contribution in [0, 0.1) is 26.2 Å². The molecule has 0 radical (unpaired) electrons. The molecule has 0 aromatic carbocycles. The van der Waals surface area contributed by atoms with Gasteiger partial charge in [-0.15, -0.1) is 22.7 Å². The number of nitrogens with zero attached hydrogens (tertiary/aromatic N) is 5. The average molecular weight is 557 g/mol. The van der Waals surface area contributed by atoms with E-state index in [1.54, 1.807) is 32.5 Å². The molecule has 0 saturated carbocycles. The number of likely N-dealkylation sites (tertiary alicyclic amines) is 2. The Bertz CT molecular complexity index is 1250. The van der Waals surface area contributed by atoms with Crippen molar-refractivity contribution in [3.8, 4) is 10.6 Å². The maximum absolute atomic E-state index is 11.8. The lowest BCUT2D eigenvalue weighted by Gasteiger charge is -2.53. The van der Waals surface area contributed by atoms with Crippen LogP contribution < -0.4 is 5.32 Å². The van der Waals surface area contributed by atoms with Crippen LogP contribution in [-0.4, -0.2) is 69.0 Å². The molecule has 2 saturated heterocycles. The molecule has 204 valence electrons. The number of pyridine rings is 1. The van der Waals surface area contributed by atoms with Gasteiger partial charge in [0.05, 0.1) is 21.3 Å². The molecule has 1 spiro atoms. The summed E-state index contributed by atoms with van der Waals surface area (Å²) in [4.78, 5) is 40.6. The van der Waals surface area contributed by atoms with Gasteiger partial charge in [0.2, 0.25) is 6.41 Å². The molecule has 2 fully saturated rings. The van der Waals surface area contributed by atoms with E-state index in [1.807, 2.05) is 59.9 Å². The van der Waals surface area contributed by atoms with Crippen LogP contribution in [0.1, 0.15) is 49.9 Å². The monoisotopic (exact) mass is 556 g/mol. The normalized spacial score (nSPS) is 16.4. The minimum absolute atomic E-state index is 0.217. The van der Waals surface area contributed by atoms with E-state index >= 15 is 0 Å². The van der Waals surface area contributed by atoms with Gasteiger partial charge in [-0.3, -0.25) is 4.79 Å². The number of aryl methyl sites for hydroxylation is 3. The van der Waals surface area contributed by atoms with Crippen LogP contribution in [0.2, 0.25) is 0 Å². The predicted octanol–water partition coefficient (Wildman–Crippen LogP) is 5.81. The van der Waals surface area contributed by atoms with E-state index in [2.05, 4.69) is 25.6 Å². The summed E-state index contributed by atoms with van der Waals surface area (Å²) < 4.78 is 5.34. The largest absolute Gasteiger partial charge is 0.444 e. The summed E-state index contributed by atoms with van der Waals surface area (Å²) in [5.41, 5.74) is 2.97. The molecule has 38 heavy (non-hydrogen) atoms.